The fourth-order valence-corrected chi connectivity index (χ4v) is 3.18. The van der Waals surface area contributed by atoms with Crippen molar-refractivity contribution in [1.82, 2.24) is 19.7 Å². The zero-order chi connectivity index (χ0) is 14.9. The van der Waals surface area contributed by atoms with E-state index in [-0.39, 0.29) is 0 Å². The number of hydrogen-bond donors (Lipinski definition) is 1. The van der Waals surface area contributed by atoms with Crippen molar-refractivity contribution in [2.75, 3.05) is 13.1 Å². The highest BCUT2D eigenvalue weighted by Crippen LogP contribution is 2.17. The summed E-state index contributed by atoms with van der Waals surface area (Å²) in [5.41, 5.74) is 5.99. The Kier molecular flexibility index (Phi) is 7.16. The lowest BCUT2D eigenvalue weighted by Crippen LogP contribution is -2.44. The van der Waals surface area contributed by atoms with E-state index in [0.717, 1.165) is 32.0 Å². The fraction of sp³-hybridized carbons (Fsp3) is 0.875. The smallest absolute Gasteiger partial charge is 0.147 e. The summed E-state index contributed by atoms with van der Waals surface area (Å²) < 4.78 is 2.15. The molecule has 1 aliphatic heterocycles. The fourth-order valence-electron chi connectivity index (χ4n) is 3.18. The summed E-state index contributed by atoms with van der Waals surface area (Å²) in [5.74, 6) is 1.08. The Hall–Kier alpha value is -0.940. The van der Waals surface area contributed by atoms with Crippen molar-refractivity contribution in [3.05, 3.63) is 12.2 Å². The maximum absolute atomic E-state index is 5.99. The van der Waals surface area contributed by atoms with Gasteiger partial charge < -0.3 is 10.3 Å². The minimum atomic E-state index is 0.506. The highest BCUT2D eigenvalue weighted by Gasteiger charge is 2.23. The number of fused-ring (bicyclic) bond motifs is 1. The van der Waals surface area contributed by atoms with Crippen LogP contribution in [0, 0.1) is 0 Å². The molecule has 1 aromatic rings. The van der Waals surface area contributed by atoms with Gasteiger partial charge in [-0.3, -0.25) is 4.90 Å². The van der Waals surface area contributed by atoms with Gasteiger partial charge in [0.1, 0.15) is 12.2 Å². The van der Waals surface area contributed by atoms with Crippen LogP contribution in [0.25, 0.3) is 0 Å². The topological polar surface area (TPSA) is 60.0 Å². The van der Waals surface area contributed by atoms with Gasteiger partial charge in [0.15, 0.2) is 0 Å². The number of hydrogen-bond acceptors (Lipinski definition) is 4. The Morgan fingerprint density at radius 2 is 1.90 bits per heavy atom. The van der Waals surface area contributed by atoms with Gasteiger partial charge in [-0.2, -0.15) is 0 Å². The first kappa shape index (κ1) is 16.4. The second-order valence-corrected chi connectivity index (χ2v) is 6.21. The molecule has 1 atom stereocenters. The number of unbranched alkanes of at least 4 members (excludes halogenated alkanes) is 6. The molecule has 120 valence electrons. The highest BCUT2D eigenvalue weighted by molar-refractivity contribution is 4.92. The van der Waals surface area contributed by atoms with Gasteiger partial charge >= 0.3 is 0 Å². The minimum Gasteiger partial charge on any atom is -0.329 e. The Balaban J connectivity index is 1.64. The Bertz CT molecular complexity index is 390. The average Bonchev–Trinajstić information content (AvgIpc) is 2.97. The summed E-state index contributed by atoms with van der Waals surface area (Å²) in [6.45, 7) is 5.99. The van der Waals surface area contributed by atoms with E-state index in [1.807, 2.05) is 6.33 Å². The van der Waals surface area contributed by atoms with E-state index in [9.17, 15) is 0 Å². The molecule has 0 saturated carbocycles. The molecule has 2 heterocycles. The molecule has 0 radical (unpaired) electrons. The Morgan fingerprint density at radius 1 is 1.14 bits per heavy atom. The third kappa shape index (κ3) is 5.08. The molecule has 0 fully saturated rings. The zero-order valence-corrected chi connectivity index (χ0v) is 13.5. The monoisotopic (exact) mass is 293 g/mol. The Labute approximate surface area is 128 Å². The lowest BCUT2D eigenvalue weighted by molar-refractivity contribution is 0.146. The van der Waals surface area contributed by atoms with Crippen molar-refractivity contribution < 1.29 is 0 Å². The van der Waals surface area contributed by atoms with E-state index >= 15 is 0 Å². The number of nitrogens with two attached hydrogens (primary N) is 1. The molecule has 1 aliphatic rings. The van der Waals surface area contributed by atoms with Crippen LogP contribution in [0.4, 0.5) is 0 Å². The van der Waals surface area contributed by atoms with E-state index in [1.165, 1.54) is 51.4 Å². The summed E-state index contributed by atoms with van der Waals surface area (Å²) >= 11 is 0. The molecular weight excluding hydrogens is 262 g/mol. The van der Waals surface area contributed by atoms with Gasteiger partial charge in [0.25, 0.3) is 0 Å². The van der Waals surface area contributed by atoms with Crippen molar-refractivity contribution in [2.24, 2.45) is 5.73 Å². The number of rotatable bonds is 10. The minimum absolute atomic E-state index is 0.506. The van der Waals surface area contributed by atoms with Crippen LogP contribution in [0.1, 0.15) is 64.1 Å². The molecule has 0 spiro atoms. The molecule has 0 amide bonds. The van der Waals surface area contributed by atoms with Gasteiger partial charge in [0, 0.05) is 25.7 Å². The van der Waals surface area contributed by atoms with Crippen LogP contribution in [0.15, 0.2) is 6.33 Å². The van der Waals surface area contributed by atoms with Gasteiger partial charge in [-0.1, -0.05) is 51.9 Å². The molecular formula is C16H31N5. The molecule has 0 saturated heterocycles. The number of nitrogens with zero attached hydrogens (tertiary/aromatic N) is 4. The van der Waals surface area contributed by atoms with Crippen molar-refractivity contribution in [3.8, 4) is 0 Å². The van der Waals surface area contributed by atoms with Crippen molar-refractivity contribution in [1.29, 1.82) is 0 Å². The summed E-state index contributed by atoms with van der Waals surface area (Å²) in [6, 6.07) is 0.506. The predicted octanol–water partition coefficient (Wildman–Crippen LogP) is 2.56. The first-order valence-corrected chi connectivity index (χ1v) is 8.66. The Morgan fingerprint density at radius 3 is 2.67 bits per heavy atom. The van der Waals surface area contributed by atoms with Crippen LogP contribution in [0.3, 0.4) is 0 Å². The lowest BCUT2D eigenvalue weighted by Gasteiger charge is -2.33. The van der Waals surface area contributed by atoms with E-state index in [4.69, 9.17) is 5.73 Å². The van der Waals surface area contributed by atoms with Crippen LogP contribution in [0.2, 0.25) is 0 Å². The van der Waals surface area contributed by atoms with Crippen molar-refractivity contribution in [3.63, 3.8) is 0 Å². The first-order chi connectivity index (χ1) is 10.3. The normalized spacial score (nSPS) is 16.9. The molecule has 1 aromatic heterocycles. The quantitative estimate of drug-likeness (QED) is 0.674. The standard InChI is InChI=1S/C16H31N5/c1-2-3-4-5-6-7-8-9-15(12-17)20-10-11-21-14-18-19-16(21)13-20/h14-15H,2-13,17H2,1H3. The summed E-state index contributed by atoms with van der Waals surface area (Å²) in [4.78, 5) is 2.49. The molecule has 0 aromatic carbocycles. The molecule has 21 heavy (non-hydrogen) atoms. The second kappa shape index (κ2) is 9.15. The highest BCUT2D eigenvalue weighted by atomic mass is 15.3. The molecule has 2 rings (SSSR count). The SMILES string of the molecule is CCCCCCCCCC(CN)N1CCn2cnnc2C1. The van der Waals surface area contributed by atoms with Crippen LogP contribution in [-0.4, -0.2) is 38.8 Å². The van der Waals surface area contributed by atoms with Crippen molar-refractivity contribution in [2.45, 2.75) is 77.4 Å². The summed E-state index contributed by atoms with van der Waals surface area (Å²) in [7, 11) is 0. The summed E-state index contributed by atoms with van der Waals surface area (Å²) in [5, 5.41) is 8.18. The lowest BCUT2D eigenvalue weighted by atomic mass is 10.0. The van der Waals surface area contributed by atoms with Gasteiger partial charge in [-0.15, -0.1) is 10.2 Å². The third-order valence-electron chi connectivity index (χ3n) is 4.60. The average molecular weight is 293 g/mol. The van der Waals surface area contributed by atoms with Gasteiger partial charge in [-0.25, -0.2) is 0 Å². The van der Waals surface area contributed by atoms with E-state index in [1.54, 1.807) is 0 Å². The second-order valence-electron chi connectivity index (χ2n) is 6.21. The van der Waals surface area contributed by atoms with Crippen LogP contribution >= 0.6 is 0 Å². The maximum Gasteiger partial charge on any atom is 0.147 e. The molecule has 5 nitrogen and oxygen atoms in total. The van der Waals surface area contributed by atoms with Crippen LogP contribution in [0.5, 0.6) is 0 Å². The maximum atomic E-state index is 5.99. The largest absolute Gasteiger partial charge is 0.329 e. The van der Waals surface area contributed by atoms with Crippen molar-refractivity contribution >= 4 is 0 Å². The van der Waals surface area contributed by atoms with Gasteiger partial charge in [0.05, 0.1) is 6.54 Å². The van der Waals surface area contributed by atoms with E-state index < -0.39 is 0 Å². The van der Waals surface area contributed by atoms with E-state index in [0.29, 0.717) is 6.04 Å². The molecule has 1 unspecified atom stereocenters. The van der Waals surface area contributed by atoms with Crippen LogP contribution in [-0.2, 0) is 13.1 Å². The van der Waals surface area contributed by atoms with Gasteiger partial charge in [0.2, 0.25) is 0 Å². The van der Waals surface area contributed by atoms with E-state index in [2.05, 4.69) is 26.6 Å². The predicted molar refractivity (Wildman–Crippen MR) is 85.9 cm³/mol. The molecule has 5 heteroatoms. The molecule has 0 bridgehead atoms. The number of aromatic nitrogens is 3. The third-order valence-corrected chi connectivity index (χ3v) is 4.60. The first-order valence-electron chi connectivity index (χ1n) is 8.66. The molecule has 2 N–H and O–H groups in total. The van der Waals surface area contributed by atoms with Gasteiger partial charge in [-0.05, 0) is 6.42 Å². The molecule has 0 aliphatic carbocycles. The zero-order valence-electron chi connectivity index (χ0n) is 13.5. The van der Waals surface area contributed by atoms with Crippen LogP contribution < -0.4 is 5.73 Å². The summed E-state index contributed by atoms with van der Waals surface area (Å²) in [6.07, 6.45) is 12.6.